The van der Waals surface area contributed by atoms with Crippen LogP contribution >= 0.6 is 0 Å². The molecule has 1 amide bonds. The summed E-state index contributed by atoms with van der Waals surface area (Å²) in [7, 11) is 0. The molecular weight excluding hydrogens is 460 g/mol. The van der Waals surface area contributed by atoms with Gasteiger partial charge in [0, 0.05) is 28.8 Å². The first-order valence-corrected chi connectivity index (χ1v) is 14.2. The van der Waals surface area contributed by atoms with Crippen molar-refractivity contribution in [2.75, 3.05) is 13.1 Å². The van der Waals surface area contributed by atoms with E-state index in [1.165, 1.54) is 56.2 Å². The Morgan fingerprint density at radius 3 is 2.57 bits per heavy atom. The van der Waals surface area contributed by atoms with Gasteiger partial charge in [-0.15, -0.1) is 0 Å². The first-order chi connectivity index (χ1) is 17.8. The Balaban J connectivity index is 1.08. The van der Waals surface area contributed by atoms with Gasteiger partial charge in [0.2, 0.25) is 0 Å². The molecule has 5 heteroatoms. The van der Waals surface area contributed by atoms with E-state index in [2.05, 4.69) is 28.4 Å². The maximum Gasteiger partial charge on any atom is 0.251 e. The predicted octanol–water partition coefficient (Wildman–Crippen LogP) is 7.47. The van der Waals surface area contributed by atoms with Crippen LogP contribution in [-0.2, 0) is 0 Å². The molecule has 1 aromatic carbocycles. The topological polar surface area (TPSA) is 54.7 Å². The van der Waals surface area contributed by atoms with E-state index in [0.29, 0.717) is 11.6 Å². The molecule has 2 aliphatic heterocycles. The van der Waals surface area contributed by atoms with Gasteiger partial charge in [0.15, 0.2) is 0 Å². The number of likely N-dealkylation sites (tertiary alicyclic amines) is 1. The SMILES string of the molecule is CC(C)(C)Oc1ccc(C(=O)N[C@H]2CC[C@H](CCN3CCCCC3c3coc4cccc-4c3)CC2)cc1. The molecule has 1 N–H and O–H groups in total. The molecule has 0 spiro atoms. The van der Waals surface area contributed by atoms with Gasteiger partial charge in [-0.2, -0.15) is 0 Å². The van der Waals surface area contributed by atoms with Gasteiger partial charge in [0.05, 0.1) is 6.26 Å². The number of fused-ring (bicyclic) bond motifs is 1. The smallest absolute Gasteiger partial charge is 0.251 e. The zero-order valence-corrected chi connectivity index (χ0v) is 22.7. The minimum absolute atomic E-state index is 0.0223. The summed E-state index contributed by atoms with van der Waals surface area (Å²) < 4.78 is 11.8. The van der Waals surface area contributed by atoms with Gasteiger partial charge in [-0.05, 0) is 121 Å². The van der Waals surface area contributed by atoms with E-state index in [1.54, 1.807) is 0 Å². The van der Waals surface area contributed by atoms with E-state index in [4.69, 9.17) is 9.15 Å². The molecule has 5 nitrogen and oxygen atoms in total. The van der Waals surface area contributed by atoms with E-state index in [-0.39, 0.29) is 17.6 Å². The van der Waals surface area contributed by atoms with Crippen molar-refractivity contribution >= 4 is 5.91 Å². The van der Waals surface area contributed by atoms with Gasteiger partial charge in [0.25, 0.3) is 5.91 Å². The van der Waals surface area contributed by atoms with Crippen LogP contribution < -0.4 is 10.1 Å². The first kappa shape index (κ1) is 25.8. The fourth-order valence-corrected chi connectivity index (χ4v) is 6.04. The highest BCUT2D eigenvalue weighted by molar-refractivity contribution is 5.94. The van der Waals surface area contributed by atoms with Crippen LogP contribution in [0.2, 0.25) is 0 Å². The van der Waals surface area contributed by atoms with Crippen LogP contribution in [0.3, 0.4) is 0 Å². The largest absolute Gasteiger partial charge is 0.488 e. The molecule has 2 aliphatic carbocycles. The molecule has 2 heterocycles. The highest BCUT2D eigenvalue weighted by Gasteiger charge is 2.28. The Morgan fingerprint density at radius 2 is 1.81 bits per heavy atom. The van der Waals surface area contributed by atoms with E-state index >= 15 is 0 Å². The van der Waals surface area contributed by atoms with Crippen LogP contribution in [0.15, 0.2) is 59.2 Å². The van der Waals surface area contributed by atoms with Crippen LogP contribution in [0.4, 0.5) is 0 Å². The van der Waals surface area contributed by atoms with E-state index in [0.717, 1.165) is 36.8 Å². The maximum atomic E-state index is 12.8. The molecule has 1 atom stereocenters. The van der Waals surface area contributed by atoms with Crippen molar-refractivity contribution in [3.63, 3.8) is 0 Å². The third-order valence-electron chi connectivity index (χ3n) is 8.00. The number of carbonyl (C=O) groups is 1. The lowest BCUT2D eigenvalue weighted by atomic mass is 9.83. The second kappa shape index (κ2) is 11.3. The molecule has 4 aliphatic rings. The monoisotopic (exact) mass is 502 g/mol. The Labute approximate surface area is 221 Å². The number of amides is 1. The van der Waals surface area contributed by atoms with Gasteiger partial charge in [-0.1, -0.05) is 18.6 Å². The highest BCUT2D eigenvalue weighted by Crippen LogP contribution is 2.36. The predicted molar refractivity (Wildman–Crippen MR) is 148 cm³/mol. The zero-order valence-electron chi connectivity index (χ0n) is 22.7. The minimum atomic E-state index is -0.245. The molecule has 37 heavy (non-hydrogen) atoms. The summed E-state index contributed by atoms with van der Waals surface area (Å²) in [5.74, 6) is 2.53. The summed E-state index contributed by atoms with van der Waals surface area (Å²) in [6.45, 7) is 8.39. The summed E-state index contributed by atoms with van der Waals surface area (Å²) in [6, 6.07) is 16.8. The average Bonchev–Trinajstić information content (AvgIpc) is 3.36. The normalized spacial score (nSPS) is 23.2. The minimum Gasteiger partial charge on any atom is -0.488 e. The van der Waals surface area contributed by atoms with E-state index < -0.39 is 0 Å². The van der Waals surface area contributed by atoms with Gasteiger partial charge >= 0.3 is 0 Å². The molecule has 1 saturated carbocycles. The molecule has 5 rings (SSSR count). The first-order valence-electron chi connectivity index (χ1n) is 14.2. The molecular formula is C32H42N2O3. The van der Waals surface area contributed by atoms with Crippen LogP contribution in [0.25, 0.3) is 11.3 Å². The molecule has 198 valence electrons. The van der Waals surface area contributed by atoms with Crippen molar-refractivity contribution in [1.29, 1.82) is 0 Å². The third kappa shape index (κ3) is 6.75. The Bertz CT molecular complexity index is 1120. The maximum absolute atomic E-state index is 12.8. The molecule has 0 aromatic heterocycles. The van der Waals surface area contributed by atoms with Crippen LogP contribution in [-0.4, -0.2) is 35.5 Å². The van der Waals surface area contributed by atoms with Gasteiger partial charge in [-0.25, -0.2) is 0 Å². The summed E-state index contributed by atoms with van der Waals surface area (Å²) in [6.07, 6.45) is 11.5. The lowest BCUT2D eigenvalue weighted by Crippen LogP contribution is -2.39. The average molecular weight is 503 g/mol. The van der Waals surface area contributed by atoms with E-state index in [9.17, 15) is 4.79 Å². The van der Waals surface area contributed by atoms with Crippen LogP contribution in [0, 0.1) is 5.92 Å². The van der Waals surface area contributed by atoms with Gasteiger partial charge in [0.1, 0.15) is 17.1 Å². The number of piperidine rings is 1. The fourth-order valence-electron chi connectivity index (χ4n) is 6.04. The van der Waals surface area contributed by atoms with E-state index in [1.807, 2.05) is 57.4 Å². The number of hydrogen-bond donors (Lipinski definition) is 1. The standard InChI is InChI=1S/C32H42N2O3/c1-32(2,3)37-28-16-12-24(13-17-28)31(35)33-27-14-10-23(11-15-27)18-20-34-19-5-4-8-29(34)26-21-25-7-6-9-30(25)36-22-26/h6-7,9,12-13,16-17,21-23,27,29H,4-5,8,10-11,14-15,18-20H2,1-3H3,(H,33,35)/t23-,27-,29?. The number of benzene rings is 1. The van der Waals surface area contributed by atoms with Crippen molar-refractivity contribution in [2.24, 2.45) is 5.92 Å². The third-order valence-corrected chi connectivity index (χ3v) is 8.00. The quantitative estimate of drug-likeness (QED) is 0.364. The van der Waals surface area contributed by atoms with Crippen molar-refractivity contribution in [3.05, 3.63) is 65.9 Å². The second-order valence-electron chi connectivity index (χ2n) is 12.0. The number of ether oxygens (including phenoxy) is 1. The van der Waals surface area contributed by atoms with Crippen LogP contribution in [0.5, 0.6) is 5.75 Å². The number of carbonyl (C=O) groups excluding carboxylic acids is 1. The van der Waals surface area contributed by atoms with Crippen molar-refractivity contribution in [2.45, 2.75) is 89.8 Å². The van der Waals surface area contributed by atoms with Gasteiger partial charge in [-0.3, -0.25) is 9.69 Å². The summed E-state index contributed by atoms with van der Waals surface area (Å²) in [5.41, 5.74) is 2.98. The zero-order chi connectivity index (χ0) is 25.8. The molecule has 1 unspecified atom stereocenters. The summed E-state index contributed by atoms with van der Waals surface area (Å²) in [5, 5.41) is 3.27. The molecule has 0 bridgehead atoms. The molecule has 2 fully saturated rings. The summed E-state index contributed by atoms with van der Waals surface area (Å²) >= 11 is 0. The number of hydrogen-bond acceptors (Lipinski definition) is 4. The highest BCUT2D eigenvalue weighted by atomic mass is 16.5. The second-order valence-corrected chi connectivity index (χ2v) is 12.0. The van der Waals surface area contributed by atoms with Crippen molar-refractivity contribution in [1.82, 2.24) is 10.2 Å². The Hall–Kier alpha value is -2.79. The Kier molecular flexibility index (Phi) is 7.89. The number of nitrogens with one attached hydrogen (secondary N) is 1. The summed E-state index contributed by atoms with van der Waals surface area (Å²) in [4.78, 5) is 15.5. The lowest BCUT2D eigenvalue weighted by molar-refractivity contribution is 0.0915. The Morgan fingerprint density at radius 1 is 1.03 bits per heavy atom. The number of nitrogens with zero attached hydrogens (tertiary/aromatic N) is 1. The van der Waals surface area contributed by atoms with Crippen molar-refractivity contribution < 1.29 is 13.9 Å². The molecule has 1 saturated heterocycles. The number of rotatable bonds is 7. The van der Waals surface area contributed by atoms with Crippen molar-refractivity contribution in [3.8, 4) is 17.1 Å². The van der Waals surface area contributed by atoms with Gasteiger partial charge < -0.3 is 14.5 Å². The lowest BCUT2D eigenvalue weighted by Gasteiger charge is -2.37. The fraction of sp³-hybridized carbons (Fsp3) is 0.531. The molecule has 0 radical (unpaired) electrons. The van der Waals surface area contributed by atoms with Crippen LogP contribution in [0.1, 0.15) is 94.1 Å². The molecule has 1 aromatic rings.